The molecule has 110 valence electrons. The van der Waals surface area contributed by atoms with Crippen LogP contribution in [0.3, 0.4) is 0 Å². The summed E-state index contributed by atoms with van der Waals surface area (Å²) in [5.74, 6) is 0. The second-order valence-corrected chi connectivity index (χ2v) is 8.68. The Morgan fingerprint density at radius 2 is 2.00 bits per heavy atom. The minimum absolute atomic E-state index is 0.148. The monoisotopic (exact) mass is 308 g/mol. The zero-order valence-corrected chi connectivity index (χ0v) is 14.8. The lowest BCUT2D eigenvalue weighted by molar-refractivity contribution is 0.556. The first kappa shape index (κ1) is 15.7. The van der Waals surface area contributed by atoms with Gasteiger partial charge in [0, 0.05) is 33.1 Å². The van der Waals surface area contributed by atoms with Crippen molar-refractivity contribution in [2.45, 2.75) is 59.5 Å². The molecule has 1 atom stereocenters. The highest BCUT2D eigenvalue weighted by Gasteiger charge is 2.18. The van der Waals surface area contributed by atoms with Crippen molar-refractivity contribution in [1.29, 1.82) is 0 Å². The first-order valence-corrected chi connectivity index (χ1v) is 8.72. The molecule has 0 fully saturated rings. The van der Waals surface area contributed by atoms with E-state index in [-0.39, 0.29) is 5.41 Å². The maximum atomic E-state index is 4.73. The first-order chi connectivity index (χ1) is 9.27. The first-order valence-electron chi connectivity index (χ1n) is 7.02. The molecule has 0 radical (unpaired) electrons. The highest BCUT2D eigenvalue weighted by atomic mass is 32.1. The van der Waals surface area contributed by atoms with Crippen LogP contribution in [0, 0.1) is 13.8 Å². The van der Waals surface area contributed by atoms with Crippen molar-refractivity contribution in [1.82, 2.24) is 10.3 Å². The number of aryl methyl sites for hydroxylation is 2. The molecule has 2 aromatic heterocycles. The van der Waals surface area contributed by atoms with Gasteiger partial charge in [0.15, 0.2) is 0 Å². The number of nitrogens with one attached hydrogen (secondary N) is 1. The van der Waals surface area contributed by atoms with Gasteiger partial charge in [-0.15, -0.1) is 22.7 Å². The lowest BCUT2D eigenvalue weighted by Gasteiger charge is -2.14. The van der Waals surface area contributed by atoms with Gasteiger partial charge in [-0.25, -0.2) is 4.98 Å². The fourth-order valence-corrected chi connectivity index (χ4v) is 4.11. The van der Waals surface area contributed by atoms with E-state index in [0.29, 0.717) is 6.04 Å². The van der Waals surface area contributed by atoms with Gasteiger partial charge in [-0.1, -0.05) is 20.8 Å². The minimum atomic E-state index is 0.148. The molecule has 1 N–H and O–H groups in total. The van der Waals surface area contributed by atoms with Crippen LogP contribution in [0.2, 0.25) is 0 Å². The van der Waals surface area contributed by atoms with E-state index < -0.39 is 0 Å². The minimum Gasteiger partial charge on any atom is -0.304 e. The Morgan fingerprint density at radius 1 is 1.30 bits per heavy atom. The number of hydrogen-bond acceptors (Lipinski definition) is 4. The molecule has 0 saturated carbocycles. The normalized spacial score (nSPS) is 13.7. The van der Waals surface area contributed by atoms with Gasteiger partial charge in [0.05, 0.1) is 10.7 Å². The SMILES string of the molecule is Cc1cc(C(C)NCc2csc(C(C)(C)C)n2)c(C)s1. The van der Waals surface area contributed by atoms with Gasteiger partial charge in [-0.2, -0.15) is 0 Å². The van der Waals surface area contributed by atoms with Crippen LogP contribution < -0.4 is 5.32 Å². The average Bonchev–Trinajstić information content (AvgIpc) is 2.92. The largest absolute Gasteiger partial charge is 0.304 e. The predicted octanol–water partition coefficient (Wildman–Crippen LogP) is 4.97. The molecule has 2 rings (SSSR count). The molecule has 0 bridgehead atoms. The van der Waals surface area contributed by atoms with Crippen LogP contribution in [0.5, 0.6) is 0 Å². The van der Waals surface area contributed by atoms with Crippen molar-refractivity contribution in [2.24, 2.45) is 0 Å². The summed E-state index contributed by atoms with van der Waals surface area (Å²) in [4.78, 5) is 7.53. The van der Waals surface area contributed by atoms with Crippen molar-refractivity contribution in [3.05, 3.63) is 37.5 Å². The zero-order chi connectivity index (χ0) is 14.9. The number of rotatable bonds is 4. The van der Waals surface area contributed by atoms with Crippen LogP contribution in [-0.2, 0) is 12.0 Å². The summed E-state index contributed by atoms with van der Waals surface area (Å²) in [6.45, 7) is 14.1. The summed E-state index contributed by atoms with van der Waals surface area (Å²) < 4.78 is 0. The Bertz CT molecular complexity index is 576. The van der Waals surface area contributed by atoms with Crippen molar-refractivity contribution in [2.75, 3.05) is 0 Å². The van der Waals surface area contributed by atoms with Gasteiger partial charge in [0.1, 0.15) is 0 Å². The third-order valence-corrected chi connectivity index (χ3v) is 5.63. The summed E-state index contributed by atoms with van der Waals surface area (Å²) >= 11 is 3.64. The number of nitrogens with zero attached hydrogens (tertiary/aromatic N) is 1. The van der Waals surface area contributed by atoms with Gasteiger partial charge in [0.2, 0.25) is 0 Å². The quantitative estimate of drug-likeness (QED) is 0.862. The van der Waals surface area contributed by atoms with E-state index in [1.54, 1.807) is 11.3 Å². The molecule has 0 aliphatic carbocycles. The Morgan fingerprint density at radius 3 is 2.50 bits per heavy atom. The predicted molar refractivity (Wildman–Crippen MR) is 89.9 cm³/mol. The third kappa shape index (κ3) is 3.68. The van der Waals surface area contributed by atoms with Gasteiger partial charge < -0.3 is 5.32 Å². The van der Waals surface area contributed by atoms with E-state index in [2.05, 4.69) is 58.3 Å². The van der Waals surface area contributed by atoms with Crippen molar-refractivity contribution in [3.63, 3.8) is 0 Å². The van der Waals surface area contributed by atoms with Crippen LogP contribution in [0.25, 0.3) is 0 Å². The summed E-state index contributed by atoms with van der Waals surface area (Å²) in [5.41, 5.74) is 2.71. The number of aromatic nitrogens is 1. The van der Waals surface area contributed by atoms with E-state index in [1.165, 1.54) is 20.3 Å². The van der Waals surface area contributed by atoms with Crippen LogP contribution >= 0.6 is 22.7 Å². The molecule has 1 unspecified atom stereocenters. The third-order valence-electron chi connectivity index (χ3n) is 3.33. The molecule has 0 aliphatic heterocycles. The van der Waals surface area contributed by atoms with Crippen LogP contribution in [0.15, 0.2) is 11.4 Å². The average molecular weight is 309 g/mol. The molecule has 0 aromatic carbocycles. The topological polar surface area (TPSA) is 24.9 Å². The molecule has 0 saturated heterocycles. The molecule has 0 aliphatic rings. The molecule has 2 aromatic rings. The fraction of sp³-hybridized carbons (Fsp3) is 0.562. The Kier molecular flexibility index (Phi) is 4.67. The van der Waals surface area contributed by atoms with Gasteiger partial charge >= 0.3 is 0 Å². The maximum absolute atomic E-state index is 4.73. The van der Waals surface area contributed by atoms with Gasteiger partial charge in [0.25, 0.3) is 0 Å². The Hall–Kier alpha value is -0.710. The number of thiazole rings is 1. The highest BCUT2D eigenvalue weighted by Crippen LogP contribution is 2.27. The molecule has 2 nitrogen and oxygen atoms in total. The van der Waals surface area contributed by atoms with Crippen LogP contribution in [-0.4, -0.2) is 4.98 Å². The summed E-state index contributed by atoms with van der Waals surface area (Å²) in [7, 11) is 0. The molecule has 20 heavy (non-hydrogen) atoms. The summed E-state index contributed by atoms with van der Waals surface area (Å²) in [6, 6.07) is 2.67. The smallest absolute Gasteiger partial charge is 0.0982 e. The highest BCUT2D eigenvalue weighted by molar-refractivity contribution is 7.12. The summed E-state index contributed by atoms with van der Waals surface area (Å²) in [6.07, 6.45) is 0. The van der Waals surface area contributed by atoms with Crippen LogP contribution in [0.4, 0.5) is 0 Å². The van der Waals surface area contributed by atoms with E-state index in [4.69, 9.17) is 4.98 Å². The second-order valence-electron chi connectivity index (χ2n) is 6.37. The lowest BCUT2D eigenvalue weighted by atomic mass is 9.98. The van der Waals surface area contributed by atoms with Crippen molar-refractivity contribution < 1.29 is 0 Å². The van der Waals surface area contributed by atoms with Gasteiger partial charge in [-0.3, -0.25) is 0 Å². The molecule has 0 spiro atoms. The van der Waals surface area contributed by atoms with Gasteiger partial charge in [-0.05, 0) is 32.4 Å². The van der Waals surface area contributed by atoms with E-state index in [9.17, 15) is 0 Å². The number of hydrogen-bond donors (Lipinski definition) is 1. The number of thiophene rings is 1. The van der Waals surface area contributed by atoms with Crippen molar-refractivity contribution >= 4 is 22.7 Å². The summed E-state index contributed by atoms with van der Waals surface area (Å²) in [5, 5.41) is 6.97. The van der Waals surface area contributed by atoms with Crippen molar-refractivity contribution in [3.8, 4) is 0 Å². The van der Waals surface area contributed by atoms with E-state index in [1.807, 2.05) is 11.3 Å². The zero-order valence-electron chi connectivity index (χ0n) is 13.2. The fourth-order valence-electron chi connectivity index (χ4n) is 2.18. The Balaban J connectivity index is 1.98. The van der Waals surface area contributed by atoms with E-state index >= 15 is 0 Å². The van der Waals surface area contributed by atoms with Crippen LogP contribution in [0.1, 0.15) is 59.8 Å². The Labute approximate surface area is 130 Å². The molecular formula is C16H24N2S2. The molecule has 2 heterocycles. The second kappa shape index (κ2) is 5.96. The standard InChI is InChI=1S/C16H24N2S2/c1-10-7-14(12(3)20-10)11(2)17-8-13-9-19-15(18-13)16(4,5)6/h7,9,11,17H,8H2,1-6H3. The molecule has 0 amide bonds. The molecular weight excluding hydrogens is 284 g/mol. The van der Waals surface area contributed by atoms with E-state index in [0.717, 1.165) is 12.2 Å². The maximum Gasteiger partial charge on any atom is 0.0982 e. The molecule has 4 heteroatoms. The lowest BCUT2D eigenvalue weighted by Crippen LogP contribution is -2.19.